The number of benzene rings is 2. The number of anilines is 1. The SMILES string of the molecule is CCCCOc1ccc(C(=O)N(Cc2cccs2)c2ccc(OC)cc2)cc1. The first-order chi connectivity index (χ1) is 13.7. The summed E-state index contributed by atoms with van der Waals surface area (Å²) in [6, 6.07) is 19.0. The number of carbonyl (C=O) groups excluding carboxylic acids is 1. The van der Waals surface area contributed by atoms with Gasteiger partial charge >= 0.3 is 0 Å². The number of carbonyl (C=O) groups is 1. The van der Waals surface area contributed by atoms with Crippen molar-refractivity contribution in [3.05, 3.63) is 76.5 Å². The van der Waals surface area contributed by atoms with Crippen LogP contribution in [0, 0.1) is 0 Å². The Hall–Kier alpha value is -2.79. The molecule has 0 saturated carbocycles. The van der Waals surface area contributed by atoms with Gasteiger partial charge in [-0.05, 0) is 66.4 Å². The Morgan fingerprint density at radius 3 is 2.32 bits per heavy atom. The lowest BCUT2D eigenvalue weighted by Gasteiger charge is -2.23. The number of hydrogen-bond acceptors (Lipinski definition) is 4. The molecule has 0 fully saturated rings. The quantitative estimate of drug-likeness (QED) is 0.431. The van der Waals surface area contributed by atoms with Gasteiger partial charge in [-0.15, -0.1) is 11.3 Å². The van der Waals surface area contributed by atoms with Gasteiger partial charge in [0.2, 0.25) is 0 Å². The Labute approximate surface area is 170 Å². The van der Waals surface area contributed by atoms with E-state index < -0.39 is 0 Å². The summed E-state index contributed by atoms with van der Waals surface area (Å²) in [7, 11) is 1.63. The van der Waals surface area contributed by atoms with Gasteiger partial charge in [-0.25, -0.2) is 0 Å². The molecule has 2 aromatic carbocycles. The molecule has 0 bridgehead atoms. The van der Waals surface area contributed by atoms with Crippen molar-refractivity contribution in [2.45, 2.75) is 26.3 Å². The molecular formula is C23H25NO3S. The molecule has 0 aliphatic carbocycles. The average molecular weight is 396 g/mol. The van der Waals surface area contributed by atoms with E-state index in [9.17, 15) is 4.79 Å². The molecule has 146 valence electrons. The van der Waals surface area contributed by atoms with Gasteiger partial charge in [0.15, 0.2) is 0 Å². The predicted molar refractivity (Wildman–Crippen MR) is 115 cm³/mol. The van der Waals surface area contributed by atoms with Crippen LogP contribution in [0.15, 0.2) is 66.0 Å². The van der Waals surface area contributed by atoms with Gasteiger partial charge < -0.3 is 14.4 Å². The smallest absolute Gasteiger partial charge is 0.258 e. The molecule has 0 unspecified atom stereocenters. The summed E-state index contributed by atoms with van der Waals surface area (Å²) in [6.45, 7) is 3.35. The summed E-state index contributed by atoms with van der Waals surface area (Å²) in [5.41, 5.74) is 1.47. The summed E-state index contributed by atoms with van der Waals surface area (Å²) < 4.78 is 10.9. The van der Waals surface area contributed by atoms with Crippen LogP contribution in [0.25, 0.3) is 0 Å². The molecule has 0 radical (unpaired) electrons. The van der Waals surface area contributed by atoms with E-state index in [0.29, 0.717) is 18.7 Å². The summed E-state index contributed by atoms with van der Waals surface area (Å²) in [6.07, 6.45) is 2.11. The molecule has 0 N–H and O–H groups in total. The van der Waals surface area contributed by atoms with Crippen LogP contribution in [-0.4, -0.2) is 19.6 Å². The molecule has 5 heteroatoms. The maximum Gasteiger partial charge on any atom is 0.258 e. The fourth-order valence-electron chi connectivity index (χ4n) is 2.78. The van der Waals surface area contributed by atoms with Crippen LogP contribution in [0.3, 0.4) is 0 Å². The van der Waals surface area contributed by atoms with Crippen molar-refractivity contribution < 1.29 is 14.3 Å². The lowest BCUT2D eigenvalue weighted by molar-refractivity contribution is 0.0985. The fourth-order valence-corrected chi connectivity index (χ4v) is 3.48. The number of amides is 1. The topological polar surface area (TPSA) is 38.8 Å². The third-order valence-corrected chi connectivity index (χ3v) is 5.25. The van der Waals surface area contributed by atoms with Gasteiger partial charge in [-0.2, -0.15) is 0 Å². The first kappa shape index (κ1) is 20.0. The zero-order chi connectivity index (χ0) is 19.8. The van der Waals surface area contributed by atoms with Gasteiger partial charge in [0.25, 0.3) is 5.91 Å². The fraction of sp³-hybridized carbons (Fsp3) is 0.261. The molecule has 1 aromatic heterocycles. The maximum absolute atomic E-state index is 13.3. The maximum atomic E-state index is 13.3. The molecule has 0 aliphatic rings. The molecule has 4 nitrogen and oxygen atoms in total. The first-order valence-corrected chi connectivity index (χ1v) is 10.3. The van der Waals surface area contributed by atoms with E-state index in [-0.39, 0.29) is 5.91 Å². The Morgan fingerprint density at radius 1 is 1.00 bits per heavy atom. The van der Waals surface area contributed by atoms with Crippen molar-refractivity contribution in [3.8, 4) is 11.5 Å². The number of unbranched alkanes of at least 4 members (excludes halogenated alkanes) is 1. The van der Waals surface area contributed by atoms with E-state index in [1.54, 1.807) is 23.3 Å². The average Bonchev–Trinajstić information content (AvgIpc) is 3.26. The molecule has 0 atom stereocenters. The number of hydrogen-bond donors (Lipinski definition) is 0. The van der Waals surface area contributed by atoms with E-state index in [2.05, 4.69) is 6.92 Å². The van der Waals surface area contributed by atoms with Crippen molar-refractivity contribution in [2.24, 2.45) is 0 Å². The highest BCUT2D eigenvalue weighted by Gasteiger charge is 2.19. The number of rotatable bonds is 9. The highest BCUT2D eigenvalue weighted by atomic mass is 32.1. The standard InChI is InChI=1S/C23H25NO3S/c1-3-4-15-27-21-11-7-18(8-12-21)23(25)24(17-22-6-5-16-28-22)19-9-13-20(26-2)14-10-19/h5-14,16H,3-4,15,17H2,1-2H3. The number of thiophene rings is 1. The first-order valence-electron chi connectivity index (χ1n) is 9.42. The zero-order valence-electron chi connectivity index (χ0n) is 16.3. The Bertz CT molecular complexity index is 858. The third kappa shape index (κ3) is 5.14. The van der Waals surface area contributed by atoms with Crippen molar-refractivity contribution in [3.63, 3.8) is 0 Å². The van der Waals surface area contributed by atoms with E-state index in [1.165, 1.54) is 0 Å². The third-order valence-electron chi connectivity index (χ3n) is 4.39. The highest BCUT2D eigenvalue weighted by Crippen LogP contribution is 2.25. The molecule has 1 heterocycles. The summed E-state index contributed by atoms with van der Waals surface area (Å²) in [4.78, 5) is 16.2. The van der Waals surface area contributed by atoms with E-state index in [0.717, 1.165) is 34.9 Å². The summed E-state index contributed by atoms with van der Waals surface area (Å²) >= 11 is 1.64. The number of methoxy groups -OCH3 is 1. The lowest BCUT2D eigenvalue weighted by atomic mass is 10.1. The molecule has 0 aliphatic heterocycles. The summed E-state index contributed by atoms with van der Waals surface area (Å²) in [5.74, 6) is 1.51. The van der Waals surface area contributed by atoms with Gasteiger partial charge in [0.05, 0.1) is 20.3 Å². The van der Waals surface area contributed by atoms with E-state index >= 15 is 0 Å². The minimum absolute atomic E-state index is 0.0429. The monoisotopic (exact) mass is 395 g/mol. The van der Waals surface area contributed by atoms with E-state index in [1.807, 2.05) is 66.0 Å². The van der Waals surface area contributed by atoms with Crippen molar-refractivity contribution in [1.82, 2.24) is 0 Å². The minimum Gasteiger partial charge on any atom is -0.497 e. The van der Waals surface area contributed by atoms with Gasteiger partial charge in [0.1, 0.15) is 11.5 Å². The van der Waals surface area contributed by atoms with Gasteiger partial charge in [-0.1, -0.05) is 19.4 Å². The Balaban J connectivity index is 1.81. The van der Waals surface area contributed by atoms with Crippen LogP contribution in [0.1, 0.15) is 35.0 Å². The lowest BCUT2D eigenvalue weighted by Crippen LogP contribution is -2.30. The number of nitrogens with zero attached hydrogens (tertiary/aromatic N) is 1. The van der Waals surface area contributed by atoms with Crippen LogP contribution in [-0.2, 0) is 6.54 Å². The molecule has 0 spiro atoms. The van der Waals surface area contributed by atoms with E-state index in [4.69, 9.17) is 9.47 Å². The Morgan fingerprint density at radius 2 is 1.71 bits per heavy atom. The minimum atomic E-state index is -0.0429. The van der Waals surface area contributed by atoms with Crippen LogP contribution >= 0.6 is 11.3 Å². The second-order valence-electron chi connectivity index (χ2n) is 6.40. The van der Waals surface area contributed by atoms with Crippen LogP contribution in [0.2, 0.25) is 0 Å². The van der Waals surface area contributed by atoms with Gasteiger partial charge in [-0.3, -0.25) is 4.79 Å². The van der Waals surface area contributed by atoms with Crippen LogP contribution in [0.4, 0.5) is 5.69 Å². The van der Waals surface area contributed by atoms with Crippen molar-refractivity contribution >= 4 is 22.9 Å². The number of ether oxygens (including phenoxy) is 2. The zero-order valence-corrected chi connectivity index (χ0v) is 17.1. The van der Waals surface area contributed by atoms with Crippen molar-refractivity contribution in [1.29, 1.82) is 0 Å². The molecule has 0 saturated heterocycles. The van der Waals surface area contributed by atoms with Crippen LogP contribution in [0.5, 0.6) is 11.5 Å². The van der Waals surface area contributed by atoms with Crippen LogP contribution < -0.4 is 14.4 Å². The Kier molecular flexibility index (Phi) is 7.09. The highest BCUT2D eigenvalue weighted by molar-refractivity contribution is 7.09. The second kappa shape index (κ2) is 9.95. The summed E-state index contributed by atoms with van der Waals surface area (Å²) in [5, 5.41) is 2.02. The molecule has 28 heavy (non-hydrogen) atoms. The normalized spacial score (nSPS) is 10.5. The molecule has 3 aromatic rings. The van der Waals surface area contributed by atoms with Gasteiger partial charge in [0, 0.05) is 16.1 Å². The largest absolute Gasteiger partial charge is 0.497 e. The second-order valence-corrected chi connectivity index (χ2v) is 7.43. The molecule has 3 rings (SSSR count). The molecule has 1 amide bonds. The molecular weight excluding hydrogens is 370 g/mol. The predicted octanol–water partition coefficient (Wildman–Crippen LogP) is 5.78. The van der Waals surface area contributed by atoms with Crippen molar-refractivity contribution in [2.75, 3.05) is 18.6 Å².